The summed E-state index contributed by atoms with van der Waals surface area (Å²) in [6.07, 6.45) is 6.91. The molecule has 1 fully saturated rings. The molecule has 0 heterocycles. The summed E-state index contributed by atoms with van der Waals surface area (Å²) in [6, 6.07) is 0.481. The molecule has 0 aliphatic heterocycles. The fourth-order valence-electron chi connectivity index (χ4n) is 1.56. The molecule has 2 N–H and O–H groups in total. The van der Waals surface area contributed by atoms with Crippen LogP contribution in [0.15, 0.2) is 12.7 Å². The van der Waals surface area contributed by atoms with E-state index in [2.05, 4.69) is 6.58 Å². The van der Waals surface area contributed by atoms with Crippen LogP contribution in [-0.2, 0) is 0 Å². The zero-order valence-electron chi connectivity index (χ0n) is 5.84. The fourth-order valence-corrected chi connectivity index (χ4v) is 1.56. The molecule has 2 atom stereocenters. The standard InChI is InChI=1S/C8H15N/c1-2-3-7-4-5-8(9)6-7/h2,7-8H,1,3-6,9H2/t7-,8+/m1/s1. The highest BCUT2D eigenvalue weighted by atomic mass is 14.6. The van der Waals surface area contributed by atoms with E-state index in [1.165, 1.54) is 19.3 Å². The van der Waals surface area contributed by atoms with E-state index in [1.54, 1.807) is 0 Å². The predicted octanol–water partition coefficient (Wildman–Crippen LogP) is 1.69. The SMILES string of the molecule is C=CC[C@@H]1CC[C@H](N)C1. The maximum atomic E-state index is 5.72. The molecule has 1 aliphatic rings. The summed E-state index contributed by atoms with van der Waals surface area (Å²) >= 11 is 0. The van der Waals surface area contributed by atoms with Gasteiger partial charge in [-0.2, -0.15) is 0 Å². The van der Waals surface area contributed by atoms with Gasteiger partial charge in [-0.15, -0.1) is 6.58 Å². The number of rotatable bonds is 2. The third kappa shape index (κ3) is 1.83. The topological polar surface area (TPSA) is 26.0 Å². The van der Waals surface area contributed by atoms with Gasteiger partial charge in [0, 0.05) is 6.04 Å². The molecule has 0 aromatic carbocycles. The van der Waals surface area contributed by atoms with Gasteiger partial charge in [-0.1, -0.05) is 6.08 Å². The zero-order valence-corrected chi connectivity index (χ0v) is 5.84. The summed E-state index contributed by atoms with van der Waals surface area (Å²) in [5.41, 5.74) is 5.72. The van der Waals surface area contributed by atoms with Gasteiger partial charge in [-0.25, -0.2) is 0 Å². The molecule has 0 unspecified atom stereocenters. The lowest BCUT2D eigenvalue weighted by Crippen LogP contribution is -2.14. The summed E-state index contributed by atoms with van der Waals surface area (Å²) in [4.78, 5) is 0. The van der Waals surface area contributed by atoms with Crippen molar-refractivity contribution >= 4 is 0 Å². The van der Waals surface area contributed by atoms with E-state index in [4.69, 9.17) is 5.73 Å². The molecular formula is C8H15N. The van der Waals surface area contributed by atoms with Gasteiger partial charge in [0.25, 0.3) is 0 Å². The fraction of sp³-hybridized carbons (Fsp3) is 0.750. The molecule has 0 radical (unpaired) electrons. The van der Waals surface area contributed by atoms with Crippen LogP contribution in [0.3, 0.4) is 0 Å². The van der Waals surface area contributed by atoms with Gasteiger partial charge in [-0.3, -0.25) is 0 Å². The average molecular weight is 125 g/mol. The van der Waals surface area contributed by atoms with Crippen molar-refractivity contribution in [3.8, 4) is 0 Å². The summed E-state index contributed by atoms with van der Waals surface area (Å²) < 4.78 is 0. The molecule has 0 aromatic rings. The molecule has 0 saturated heterocycles. The van der Waals surface area contributed by atoms with Gasteiger partial charge in [0.1, 0.15) is 0 Å². The Kier molecular flexibility index (Phi) is 2.29. The van der Waals surface area contributed by atoms with Crippen LogP contribution in [0.4, 0.5) is 0 Å². The van der Waals surface area contributed by atoms with Gasteiger partial charge in [-0.05, 0) is 31.6 Å². The maximum Gasteiger partial charge on any atom is 0.00416 e. The van der Waals surface area contributed by atoms with Crippen LogP contribution in [-0.4, -0.2) is 6.04 Å². The summed E-state index contributed by atoms with van der Waals surface area (Å²) in [7, 11) is 0. The molecule has 0 amide bonds. The van der Waals surface area contributed by atoms with Crippen LogP contribution in [0, 0.1) is 5.92 Å². The Morgan fingerprint density at radius 1 is 1.56 bits per heavy atom. The molecular weight excluding hydrogens is 110 g/mol. The minimum Gasteiger partial charge on any atom is -0.328 e. The van der Waals surface area contributed by atoms with Crippen molar-refractivity contribution < 1.29 is 0 Å². The van der Waals surface area contributed by atoms with Crippen LogP contribution in [0.5, 0.6) is 0 Å². The largest absolute Gasteiger partial charge is 0.328 e. The van der Waals surface area contributed by atoms with Crippen molar-refractivity contribution in [2.24, 2.45) is 11.7 Å². The first-order chi connectivity index (χ1) is 4.33. The Hall–Kier alpha value is -0.300. The van der Waals surface area contributed by atoms with Gasteiger partial charge in [0.05, 0.1) is 0 Å². The highest BCUT2D eigenvalue weighted by Crippen LogP contribution is 2.26. The second kappa shape index (κ2) is 3.02. The second-order valence-electron chi connectivity index (χ2n) is 2.96. The van der Waals surface area contributed by atoms with E-state index >= 15 is 0 Å². The van der Waals surface area contributed by atoms with E-state index in [9.17, 15) is 0 Å². The molecule has 0 bridgehead atoms. The third-order valence-electron chi connectivity index (χ3n) is 2.08. The van der Waals surface area contributed by atoms with Crippen LogP contribution in [0.25, 0.3) is 0 Å². The van der Waals surface area contributed by atoms with Gasteiger partial charge >= 0.3 is 0 Å². The van der Waals surface area contributed by atoms with Crippen LogP contribution >= 0.6 is 0 Å². The summed E-state index contributed by atoms with van der Waals surface area (Å²) in [5, 5.41) is 0. The first-order valence-electron chi connectivity index (χ1n) is 3.69. The normalized spacial score (nSPS) is 34.8. The minimum atomic E-state index is 0.481. The molecule has 1 heteroatoms. The lowest BCUT2D eigenvalue weighted by atomic mass is 10.0. The maximum absolute atomic E-state index is 5.72. The van der Waals surface area contributed by atoms with E-state index in [1.807, 2.05) is 6.08 Å². The number of hydrogen-bond acceptors (Lipinski definition) is 1. The number of hydrogen-bond donors (Lipinski definition) is 1. The molecule has 9 heavy (non-hydrogen) atoms. The smallest absolute Gasteiger partial charge is 0.00416 e. The molecule has 0 aromatic heterocycles. The molecule has 1 aliphatic carbocycles. The summed E-state index contributed by atoms with van der Waals surface area (Å²) in [5.74, 6) is 0.845. The van der Waals surface area contributed by atoms with E-state index < -0.39 is 0 Å². The number of nitrogens with two attached hydrogens (primary N) is 1. The Bertz CT molecular complexity index is 98.7. The lowest BCUT2D eigenvalue weighted by Gasteiger charge is -2.03. The molecule has 1 nitrogen and oxygen atoms in total. The highest BCUT2D eigenvalue weighted by molar-refractivity contribution is 4.82. The van der Waals surface area contributed by atoms with Crippen molar-refractivity contribution in [1.82, 2.24) is 0 Å². The Morgan fingerprint density at radius 3 is 2.78 bits per heavy atom. The highest BCUT2D eigenvalue weighted by Gasteiger charge is 2.19. The summed E-state index contributed by atoms with van der Waals surface area (Å²) in [6.45, 7) is 3.71. The Balaban J connectivity index is 2.21. The first-order valence-corrected chi connectivity index (χ1v) is 3.69. The van der Waals surface area contributed by atoms with Gasteiger partial charge in [0.15, 0.2) is 0 Å². The van der Waals surface area contributed by atoms with Gasteiger partial charge in [0.2, 0.25) is 0 Å². The number of allylic oxidation sites excluding steroid dienone is 1. The third-order valence-corrected chi connectivity index (χ3v) is 2.08. The van der Waals surface area contributed by atoms with E-state index in [-0.39, 0.29) is 0 Å². The quantitative estimate of drug-likeness (QED) is 0.558. The zero-order chi connectivity index (χ0) is 6.69. The van der Waals surface area contributed by atoms with Crippen molar-refractivity contribution in [2.45, 2.75) is 31.7 Å². The van der Waals surface area contributed by atoms with E-state index in [0.717, 1.165) is 12.3 Å². The van der Waals surface area contributed by atoms with Crippen molar-refractivity contribution in [3.63, 3.8) is 0 Å². The van der Waals surface area contributed by atoms with Crippen molar-refractivity contribution in [1.29, 1.82) is 0 Å². The molecule has 1 saturated carbocycles. The van der Waals surface area contributed by atoms with E-state index in [0.29, 0.717) is 6.04 Å². The minimum absolute atomic E-state index is 0.481. The van der Waals surface area contributed by atoms with Crippen molar-refractivity contribution in [2.75, 3.05) is 0 Å². The molecule has 52 valence electrons. The average Bonchev–Trinajstić information content (AvgIpc) is 2.17. The molecule has 0 spiro atoms. The van der Waals surface area contributed by atoms with Gasteiger partial charge < -0.3 is 5.73 Å². The molecule has 1 rings (SSSR count). The van der Waals surface area contributed by atoms with Crippen LogP contribution in [0.2, 0.25) is 0 Å². The Labute approximate surface area is 56.9 Å². The lowest BCUT2D eigenvalue weighted by molar-refractivity contribution is 0.546. The Morgan fingerprint density at radius 2 is 2.33 bits per heavy atom. The monoisotopic (exact) mass is 125 g/mol. The first kappa shape index (κ1) is 6.81. The van der Waals surface area contributed by atoms with Crippen LogP contribution in [0.1, 0.15) is 25.7 Å². The van der Waals surface area contributed by atoms with Crippen molar-refractivity contribution in [3.05, 3.63) is 12.7 Å². The second-order valence-corrected chi connectivity index (χ2v) is 2.96. The predicted molar refractivity (Wildman–Crippen MR) is 40.1 cm³/mol. The van der Waals surface area contributed by atoms with Crippen LogP contribution < -0.4 is 5.73 Å².